The highest BCUT2D eigenvalue weighted by Crippen LogP contribution is 2.38. The zero-order valence-corrected chi connectivity index (χ0v) is 28.2. The summed E-state index contributed by atoms with van der Waals surface area (Å²) in [6, 6.07) is 66.6. The molecule has 0 radical (unpaired) electrons. The van der Waals surface area contributed by atoms with E-state index in [-0.39, 0.29) is 0 Å². The lowest BCUT2D eigenvalue weighted by Gasteiger charge is -2.14. The van der Waals surface area contributed by atoms with E-state index in [0.29, 0.717) is 17.5 Å². The van der Waals surface area contributed by atoms with Crippen LogP contribution < -0.4 is 0 Å². The van der Waals surface area contributed by atoms with E-state index in [9.17, 15) is 0 Å². The summed E-state index contributed by atoms with van der Waals surface area (Å²) in [7, 11) is 0. The van der Waals surface area contributed by atoms with Gasteiger partial charge in [-0.2, -0.15) is 0 Å². The molecule has 0 aliphatic heterocycles. The van der Waals surface area contributed by atoms with Crippen molar-refractivity contribution in [2.24, 2.45) is 0 Å². The van der Waals surface area contributed by atoms with Gasteiger partial charge in [0.2, 0.25) is 0 Å². The summed E-state index contributed by atoms with van der Waals surface area (Å²) in [5.74, 6) is 1.93. The molecule has 0 aliphatic rings. The van der Waals surface area contributed by atoms with Crippen molar-refractivity contribution in [2.75, 3.05) is 0 Å². The highest BCUT2D eigenvalue weighted by molar-refractivity contribution is 6.24. The Hall–Kier alpha value is -6.97. The highest BCUT2D eigenvalue weighted by atomic mass is 15.0. The molecule has 0 spiro atoms. The van der Waals surface area contributed by atoms with E-state index in [4.69, 9.17) is 15.0 Å². The number of aromatic nitrogens is 3. The number of nitrogens with zero attached hydrogens (tertiary/aromatic N) is 3. The van der Waals surface area contributed by atoms with Crippen molar-refractivity contribution in [3.8, 4) is 56.4 Å². The Morgan fingerprint density at radius 2 is 0.712 bits per heavy atom. The van der Waals surface area contributed by atoms with E-state index in [1.807, 2.05) is 60.7 Å². The third kappa shape index (κ3) is 5.28. The van der Waals surface area contributed by atoms with Gasteiger partial charge in [0, 0.05) is 16.7 Å². The molecular weight excluding hydrogens is 631 g/mol. The summed E-state index contributed by atoms with van der Waals surface area (Å²) in [4.78, 5) is 15.1. The van der Waals surface area contributed by atoms with Crippen molar-refractivity contribution in [3.05, 3.63) is 188 Å². The van der Waals surface area contributed by atoms with Gasteiger partial charge in [-0.3, -0.25) is 0 Å². The first-order chi connectivity index (χ1) is 25.7. The van der Waals surface area contributed by atoms with Crippen molar-refractivity contribution in [2.45, 2.75) is 0 Å². The van der Waals surface area contributed by atoms with Gasteiger partial charge in [0.15, 0.2) is 17.5 Å². The normalized spacial score (nSPS) is 11.5. The fourth-order valence-electron chi connectivity index (χ4n) is 7.49. The molecule has 52 heavy (non-hydrogen) atoms. The van der Waals surface area contributed by atoms with Crippen LogP contribution in [0.15, 0.2) is 188 Å². The minimum atomic E-state index is 0.637. The van der Waals surface area contributed by atoms with Crippen LogP contribution in [-0.2, 0) is 0 Å². The molecule has 3 nitrogen and oxygen atoms in total. The second-order valence-corrected chi connectivity index (χ2v) is 13.3. The van der Waals surface area contributed by atoms with E-state index in [0.717, 1.165) is 38.9 Å². The van der Waals surface area contributed by atoms with E-state index in [1.165, 1.54) is 43.1 Å². The van der Waals surface area contributed by atoms with Crippen LogP contribution in [0.5, 0.6) is 0 Å². The van der Waals surface area contributed by atoms with Crippen molar-refractivity contribution >= 4 is 43.1 Å². The van der Waals surface area contributed by atoms with Gasteiger partial charge in [-0.15, -0.1) is 0 Å². The first kappa shape index (κ1) is 29.9. The van der Waals surface area contributed by atoms with Crippen LogP contribution in [0.1, 0.15) is 0 Å². The fraction of sp³-hybridized carbons (Fsp3) is 0. The number of hydrogen-bond donors (Lipinski definition) is 0. The van der Waals surface area contributed by atoms with Crippen LogP contribution in [0, 0.1) is 0 Å². The standard InChI is InChI=1S/C49H31N3/c1-4-12-32(13-5-1)39-29-40(31-41(30-39)49-51-47(35-15-6-2-7-16-35)50-48(52-49)36-17-8-3-9-18-36)37-23-25-42-38(28-37)24-27-45-44(42)26-22-34-21-20-33-14-10-11-19-43(33)46(34)45/h1-31H. The average molecular weight is 662 g/mol. The molecule has 0 aliphatic carbocycles. The minimum absolute atomic E-state index is 0.637. The number of hydrogen-bond acceptors (Lipinski definition) is 3. The maximum absolute atomic E-state index is 5.08. The minimum Gasteiger partial charge on any atom is -0.208 e. The Morgan fingerprint density at radius 1 is 0.231 bits per heavy atom. The summed E-state index contributed by atoms with van der Waals surface area (Å²) in [5, 5.41) is 10.1. The molecule has 9 aromatic carbocycles. The molecule has 0 bridgehead atoms. The Balaban J connectivity index is 1.16. The Kier molecular flexibility index (Phi) is 7.14. The topological polar surface area (TPSA) is 38.7 Å². The van der Waals surface area contributed by atoms with Crippen molar-refractivity contribution < 1.29 is 0 Å². The zero-order chi connectivity index (χ0) is 34.4. The van der Waals surface area contributed by atoms with Gasteiger partial charge in [-0.25, -0.2) is 15.0 Å². The molecule has 3 heteroatoms. The second-order valence-electron chi connectivity index (χ2n) is 13.3. The van der Waals surface area contributed by atoms with Gasteiger partial charge in [0.25, 0.3) is 0 Å². The summed E-state index contributed by atoms with van der Waals surface area (Å²) in [5.41, 5.74) is 7.31. The summed E-state index contributed by atoms with van der Waals surface area (Å²) in [6.07, 6.45) is 0. The molecule has 0 saturated carbocycles. The maximum atomic E-state index is 5.08. The molecule has 0 atom stereocenters. The fourth-order valence-corrected chi connectivity index (χ4v) is 7.49. The van der Waals surface area contributed by atoms with Gasteiger partial charge in [0.1, 0.15) is 0 Å². The quantitative estimate of drug-likeness (QED) is 0.172. The number of fused-ring (bicyclic) bond motifs is 7. The Morgan fingerprint density at radius 3 is 1.40 bits per heavy atom. The predicted octanol–water partition coefficient (Wildman–Crippen LogP) is 12.8. The molecule has 0 unspecified atom stereocenters. The van der Waals surface area contributed by atoms with E-state index in [1.54, 1.807) is 0 Å². The molecule has 0 fully saturated rings. The highest BCUT2D eigenvalue weighted by Gasteiger charge is 2.16. The summed E-state index contributed by atoms with van der Waals surface area (Å²) in [6.45, 7) is 0. The molecule has 0 saturated heterocycles. The number of rotatable bonds is 5. The van der Waals surface area contributed by atoms with Crippen molar-refractivity contribution in [3.63, 3.8) is 0 Å². The Labute approximate surface area is 301 Å². The molecule has 0 N–H and O–H groups in total. The lowest BCUT2D eigenvalue weighted by molar-refractivity contribution is 1.07. The third-order valence-electron chi connectivity index (χ3n) is 10.1. The largest absolute Gasteiger partial charge is 0.208 e. The third-order valence-corrected chi connectivity index (χ3v) is 10.1. The lowest BCUT2D eigenvalue weighted by Crippen LogP contribution is -2.00. The van der Waals surface area contributed by atoms with E-state index >= 15 is 0 Å². The smallest absolute Gasteiger partial charge is 0.164 e. The molecule has 242 valence electrons. The van der Waals surface area contributed by atoms with Gasteiger partial charge >= 0.3 is 0 Å². The van der Waals surface area contributed by atoms with Gasteiger partial charge in [-0.1, -0.05) is 164 Å². The van der Waals surface area contributed by atoms with E-state index < -0.39 is 0 Å². The SMILES string of the molecule is c1ccc(-c2cc(-c3ccc4c(ccc5c4ccc4ccc6ccccc6c45)c3)cc(-c3nc(-c4ccccc4)nc(-c4ccccc4)n3)c2)cc1. The summed E-state index contributed by atoms with van der Waals surface area (Å²) >= 11 is 0. The summed E-state index contributed by atoms with van der Waals surface area (Å²) < 4.78 is 0. The van der Waals surface area contributed by atoms with Crippen LogP contribution in [0.25, 0.3) is 99.5 Å². The predicted molar refractivity (Wildman–Crippen MR) is 217 cm³/mol. The van der Waals surface area contributed by atoms with Crippen molar-refractivity contribution in [1.82, 2.24) is 15.0 Å². The van der Waals surface area contributed by atoms with Crippen LogP contribution in [0.4, 0.5) is 0 Å². The zero-order valence-electron chi connectivity index (χ0n) is 28.2. The Bertz CT molecular complexity index is 2880. The van der Waals surface area contributed by atoms with Crippen LogP contribution in [0.3, 0.4) is 0 Å². The van der Waals surface area contributed by atoms with Gasteiger partial charge < -0.3 is 0 Å². The van der Waals surface area contributed by atoms with Crippen LogP contribution >= 0.6 is 0 Å². The molecule has 1 aromatic heterocycles. The van der Waals surface area contributed by atoms with Crippen LogP contribution in [0.2, 0.25) is 0 Å². The van der Waals surface area contributed by atoms with Gasteiger partial charge in [0.05, 0.1) is 0 Å². The second kappa shape index (κ2) is 12.4. The first-order valence-electron chi connectivity index (χ1n) is 17.6. The van der Waals surface area contributed by atoms with Crippen LogP contribution in [-0.4, -0.2) is 15.0 Å². The molecule has 0 amide bonds. The van der Waals surface area contributed by atoms with E-state index in [2.05, 4.69) is 127 Å². The van der Waals surface area contributed by atoms with Gasteiger partial charge in [-0.05, 0) is 89.6 Å². The molecule has 10 aromatic rings. The lowest BCUT2D eigenvalue weighted by atomic mass is 9.91. The number of benzene rings is 9. The maximum Gasteiger partial charge on any atom is 0.164 e. The molecular formula is C49H31N3. The monoisotopic (exact) mass is 661 g/mol. The molecule has 10 rings (SSSR count). The first-order valence-corrected chi connectivity index (χ1v) is 17.6. The average Bonchev–Trinajstić information content (AvgIpc) is 3.23. The molecule has 1 heterocycles. The van der Waals surface area contributed by atoms with Crippen molar-refractivity contribution in [1.29, 1.82) is 0 Å².